The molecule has 7 nitrogen and oxygen atoms in total. The Kier molecular flexibility index (Phi) is 8.69. The first-order valence-corrected chi connectivity index (χ1v) is 10.9. The maximum Gasteiger partial charge on any atom is 0.573 e. The van der Waals surface area contributed by atoms with Crippen molar-refractivity contribution in [3.63, 3.8) is 0 Å². The molecule has 2 rings (SSSR count). The molecule has 0 unspecified atom stereocenters. The number of halogens is 3. The third-order valence-corrected chi connectivity index (χ3v) is 5.68. The highest BCUT2D eigenvalue weighted by atomic mass is 32.2. The van der Waals surface area contributed by atoms with E-state index in [1.807, 2.05) is 37.4 Å². The highest BCUT2D eigenvalue weighted by Crippen LogP contribution is 2.23. The van der Waals surface area contributed by atoms with Crippen LogP contribution in [0.3, 0.4) is 0 Å². The second-order valence-corrected chi connectivity index (χ2v) is 8.39. The first kappa shape index (κ1) is 24.5. The van der Waals surface area contributed by atoms with Gasteiger partial charge in [-0.1, -0.05) is 18.2 Å². The van der Waals surface area contributed by atoms with Crippen LogP contribution in [0.1, 0.15) is 12.8 Å². The van der Waals surface area contributed by atoms with Gasteiger partial charge in [0.1, 0.15) is 5.75 Å². The predicted molar refractivity (Wildman–Crippen MR) is 110 cm³/mol. The number of amides is 1. The van der Waals surface area contributed by atoms with Crippen LogP contribution in [0.15, 0.2) is 59.5 Å². The number of ether oxygens (including phenoxy) is 1. The summed E-state index contributed by atoms with van der Waals surface area (Å²) >= 11 is 0. The van der Waals surface area contributed by atoms with Crippen molar-refractivity contribution in [1.82, 2.24) is 10.0 Å². The van der Waals surface area contributed by atoms with Gasteiger partial charge in [-0.25, -0.2) is 13.1 Å². The molecule has 0 aromatic heterocycles. The van der Waals surface area contributed by atoms with E-state index in [4.69, 9.17) is 0 Å². The number of rotatable bonds is 11. The Bertz CT molecular complexity index is 936. The molecule has 0 aliphatic carbocycles. The minimum atomic E-state index is -4.86. The van der Waals surface area contributed by atoms with Gasteiger partial charge in [-0.2, -0.15) is 0 Å². The van der Waals surface area contributed by atoms with Crippen molar-refractivity contribution in [2.24, 2.45) is 0 Å². The predicted octanol–water partition coefficient (Wildman–Crippen LogP) is 2.90. The number of nitrogens with zero attached hydrogens (tertiary/aromatic N) is 1. The molecule has 1 amide bonds. The average molecular weight is 459 g/mol. The Balaban J connectivity index is 1.68. The highest BCUT2D eigenvalue weighted by Gasteiger charge is 2.31. The number of hydrogen-bond acceptors (Lipinski definition) is 5. The molecule has 2 N–H and O–H groups in total. The number of carbonyl (C=O) groups excluding carboxylic acids is 1. The molecule has 170 valence electrons. The van der Waals surface area contributed by atoms with Crippen LogP contribution in [-0.4, -0.2) is 47.4 Å². The molecule has 2 aromatic rings. The maximum absolute atomic E-state index is 12.2. The van der Waals surface area contributed by atoms with Crippen LogP contribution in [0.5, 0.6) is 5.75 Å². The third kappa shape index (κ3) is 8.85. The lowest BCUT2D eigenvalue weighted by atomic mass is 10.3. The normalized spacial score (nSPS) is 11.7. The van der Waals surface area contributed by atoms with Gasteiger partial charge in [-0.15, -0.1) is 13.2 Å². The van der Waals surface area contributed by atoms with E-state index in [-0.39, 0.29) is 23.8 Å². The van der Waals surface area contributed by atoms with Gasteiger partial charge in [0, 0.05) is 38.8 Å². The largest absolute Gasteiger partial charge is 0.573 e. The van der Waals surface area contributed by atoms with Crippen LogP contribution in [0.25, 0.3) is 0 Å². The second-order valence-electron chi connectivity index (χ2n) is 6.63. The summed E-state index contributed by atoms with van der Waals surface area (Å²) in [5.41, 5.74) is 1.07. The van der Waals surface area contributed by atoms with Gasteiger partial charge in [0.25, 0.3) is 0 Å². The molecule has 0 atom stereocenters. The van der Waals surface area contributed by atoms with Crippen LogP contribution in [0.4, 0.5) is 18.9 Å². The SMILES string of the molecule is CN(CCCNC(=O)CCNS(=O)(=O)c1ccc(OC(F)(F)F)cc1)c1ccccc1. The minimum Gasteiger partial charge on any atom is -0.406 e. The molecule has 11 heteroatoms. The van der Waals surface area contributed by atoms with Gasteiger partial charge in [0.2, 0.25) is 15.9 Å². The average Bonchev–Trinajstić information content (AvgIpc) is 2.71. The van der Waals surface area contributed by atoms with Crippen molar-refractivity contribution in [2.75, 3.05) is 31.6 Å². The summed E-state index contributed by atoms with van der Waals surface area (Å²) < 4.78 is 66.7. The lowest BCUT2D eigenvalue weighted by molar-refractivity contribution is -0.274. The molecular formula is C20H24F3N3O4S. The molecular weight excluding hydrogens is 435 g/mol. The van der Waals surface area contributed by atoms with E-state index in [0.717, 1.165) is 42.9 Å². The summed E-state index contributed by atoms with van der Waals surface area (Å²) in [6, 6.07) is 13.6. The van der Waals surface area contributed by atoms with Crippen molar-refractivity contribution < 1.29 is 31.1 Å². The molecule has 2 aromatic carbocycles. The topological polar surface area (TPSA) is 87.7 Å². The smallest absolute Gasteiger partial charge is 0.406 e. The molecule has 0 spiro atoms. The Labute approximate surface area is 179 Å². The Hall–Kier alpha value is -2.79. The van der Waals surface area contributed by atoms with E-state index in [1.54, 1.807) is 0 Å². The quantitative estimate of drug-likeness (QED) is 0.505. The third-order valence-electron chi connectivity index (χ3n) is 4.20. The fourth-order valence-electron chi connectivity index (χ4n) is 2.65. The van der Waals surface area contributed by atoms with Crippen molar-refractivity contribution >= 4 is 21.6 Å². The van der Waals surface area contributed by atoms with Gasteiger partial charge >= 0.3 is 6.36 Å². The minimum absolute atomic E-state index is 0.0664. The van der Waals surface area contributed by atoms with Gasteiger partial charge in [0.05, 0.1) is 4.90 Å². The first-order chi connectivity index (χ1) is 14.6. The number of alkyl halides is 3. The molecule has 0 radical (unpaired) electrons. The van der Waals surface area contributed by atoms with Crippen LogP contribution >= 0.6 is 0 Å². The summed E-state index contributed by atoms with van der Waals surface area (Å²) in [7, 11) is -2.00. The summed E-state index contributed by atoms with van der Waals surface area (Å²) in [6.07, 6.45) is -4.21. The summed E-state index contributed by atoms with van der Waals surface area (Å²) in [6.45, 7) is 1.05. The molecule has 0 aliphatic heterocycles. The maximum atomic E-state index is 12.2. The second kappa shape index (κ2) is 11.0. The van der Waals surface area contributed by atoms with E-state index in [0.29, 0.717) is 6.54 Å². The summed E-state index contributed by atoms with van der Waals surface area (Å²) in [5, 5.41) is 2.72. The molecule has 0 fully saturated rings. The lowest BCUT2D eigenvalue weighted by Gasteiger charge is -2.19. The van der Waals surface area contributed by atoms with Crippen LogP contribution in [0, 0.1) is 0 Å². The molecule has 0 saturated heterocycles. The van der Waals surface area contributed by atoms with Crippen molar-refractivity contribution in [3.8, 4) is 5.75 Å². The molecule has 0 heterocycles. The summed E-state index contributed by atoms with van der Waals surface area (Å²) in [4.78, 5) is 13.7. The van der Waals surface area contributed by atoms with Crippen molar-refractivity contribution in [2.45, 2.75) is 24.1 Å². The molecule has 0 aliphatic rings. The Morgan fingerprint density at radius 2 is 1.68 bits per heavy atom. The number of sulfonamides is 1. The van der Waals surface area contributed by atoms with Crippen LogP contribution < -0.4 is 19.7 Å². The Morgan fingerprint density at radius 1 is 1.03 bits per heavy atom. The fraction of sp³-hybridized carbons (Fsp3) is 0.350. The number of nitrogens with one attached hydrogen (secondary N) is 2. The lowest BCUT2D eigenvalue weighted by Crippen LogP contribution is -2.32. The summed E-state index contributed by atoms with van der Waals surface area (Å²) in [5.74, 6) is -0.831. The van der Waals surface area contributed by atoms with Crippen LogP contribution in [-0.2, 0) is 14.8 Å². The van der Waals surface area contributed by atoms with Crippen LogP contribution in [0.2, 0.25) is 0 Å². The molecule has 0 bridgehead atoms. The number of para-hydroxylation sites is 1. The molecule has 31 heavy (non-hydrogen) atoms. The van der Waals surface area contributed by atoms with Gasteiger partial charge in [0.15, 0.2) is 0 Å². The Morgan fingerprint density at radius 3 is 2.29 bits per heavy atom. The van der Waals surface area contributed by atoms with Gasteiger partial charge in [-0.05, 0) is 42.8 Å². The van der Waals surface area contributed by atoms with Gasteiger partial charge < -0.3 is 15.0 Å². The van der Waals surface area contributed by atoms with Gasteiger partial charge in [-0.3, -0.25) is 4.79 Å². The fourth-order valence-corrected chi connectivity index (χ4v) is 3.68. The standard InChI is InChI=1S/C20H24F3N3O4S/c1-26(16-6-3-2-4-7-16)15-5-13-24-19(27)12-14-25-31(28,29)18-10-8-17(9-11-18)30-20(21,22)23/h2-4,6-11,25H,5,12-15H2,1H3,(H,24,27). The zero-order chi connectivity index (χ0) is 22.9. The van der Waals surface area contributed by atoms with E-state index < -0.39 is 22.1 Å². The van der Waals surface area contributed by atoms with Crippen molar-refractivity contribution in [1.29, 1.82) is 0 Å². The number of carbonyl (C=O) groups is 1. The van der Waals surface area contributed by atoms with Crippen molar-refractivity contribution in [3.05, 3.63) is 54.6 Å². The van der Waals surface area contributed by atoms with E-state index in [9.17, 15) is 26.4 Å². The van der Waals surface area contributed by atoms with E-state index >= 15 is 0 Å². The zero-order valence-corrected chi connectivity index (χ0v) is 17.7. The van der Waals surface area contributed by atoms with E-state index in [2.05, 4.69) is 19.7 Å². The molecule has 0 saturated carbocycles. The zero-order valence-electron chi connectivity index (χ0n) is 16.9. The van der Waals surface area contributed by atoms with E-state index in [1.165, 1.54) is 0 Å². The highest BCUT2D eigenvalue weighted by molar-refractivity contribution is 7.89. The number of benzene rings is 2. The number of anilines is 1. The monoisotopic (exact) mass is 459 g/mol. The number of hydrogen-bond donors (Lipinski definition) is 2. The first-order valence-electron chi connectivity index (χ1n) is 9.45.